The lowest BCUT2D eigenvalue weighted by molar-refractivity contribution is 0.132. The van der Waals surface area contributed by atoms with Crippen molar-refractivity contribution in [2.75, 3.05) is 26.3 Å². The first-order chi connectivity index (χ1) is 5.88. The molecule has 1 fully saturated rings. The van der Waals surface area contributed by atoms with Gasteiger partial charge in [-0.1, -0.05) is 6.42 Å². The van der Waals surface area contributed by atoms with Gasteiger partial charge in [-0.25, -0.2) is 4.39 Å². The number of likely N-dealkylation sites (tertiary alicyclic amines) is 1. The maximum atomic E-state index is 12.1. The van der Waals surface area contributed by atoms with Gasteiger partial charge in [-0.15, -0.1) is 0 Å². The zero-order valence-electron chi connectivity index (χ0n) is 7.64. The van der Waals surface area contributed by atoms with Crippen LogP contribution in [0.25, 0.3) is 0 Å². The molecular weight excluding hydrogens is 155 g/mol. The lowest BCUT2D eigenvalue weighted by Crippen LogP contribution is -2.41. The third-order valence-electron chi connectivity index (χ3n) is 2.62. The second kappa shape index (κ2) is 5.49. The normalized spacial score (nSPS) is 26.0. The van der Waals surface area contributed by atoms with Gasteiger partial charge in [-0.3, -0.25) is 4.90 Å². The first-order valence-electron chi connectivity index (χ1n) is 4.88. The van der Waals surface area contributed by atoms with Gasteiger partial charge in [-0.2, -0.15) is 0 Å². The lowest BCUT2D eigenvalue weighted by Gasteiger charge is -2.34. The van der Waals surface area contributed by atoms with E-state index in [1.807, 2.05) is 0 Å². The highest BCUT2D eigenvalue weighted by Crippen LogP contribution is 2.18. The maximum Gasteiger partial charge on any atom is 0.102 e. The third-order valence-corrected chi connectivity index (χ3v) is 2.62. The van der Waals surface area contributed by atoms with Gasteiger partial charge in [0.1, 0.15) is 6.67 Å². The summed E-state index contributed by atoms with van der Waals surface area (Å²) in [6, 6.07) is 0.555. The molecule has 0 radical (unpaired) electrons. The monoisotopic (exact) mass is 174 g/mol. The van der Waals surface area contributed by atoms with E-state index in [-0.39, 0.29) is 6.67 Å². The Balaban J connectivity index is 2.31. The van der Waals surface area contributed by atoms with Gasteiger partial charge in [-0.05, 0) is 32.4 Å². The van der Waals surface area contributed by atoms with E-state index in [4.69, 9.17) is 5.73 Å². The molecule has 0 aliphatic carbocycles. The molecule has 12 heavy (non-hydrogen) atoms. The Morgan fingerprint density at radius 2 is 2.25 bits per heavy atom. The summed E-state index contributed by atoms with van der Waals surface area (Å²) in [6.45, 7) is 2.17. The van der Waals surface area contributed by atoms with Gasteiger partial charge in [0.25, 0.3) is 0 Å². The van der Waals surface area contributed by atoms with E-state index in [2.05, 4.69) is 4.90 Å². The minimum atomic E-state index is -0.221. The maximum absolute atomic E-state index is 12.1. The van der Waals surface area contributed by atoms with E-state index in [0.29, 0.717) is 12.6 Å². The van der Waals surface area contributed by atoms with Crippen LogP contribution in [0.15, 0.2) is 0 Å². The summed E-state index contributed by atoms with van der Waals surface area (Å²) in [5.74, 6) is 0. The molecule has 0 aromatic rings. The van der Waals surface area contributed by atoms with Crippen LogP contribution in [0.2, 0.25) is 0 Å². The Kier molecular flexibility index (Phi) is 4.54. The SMILES string of the molecule is NCCC1CCCCN1CCF. The molecule has 1 unspecified atom stereocenters. The molecule has 0 bridgehead atoms. The van der Waals surface area contributed by atoms with Crippen LogP contribution in [0.4, 0.5) is 4.39 Å². The van der Waals surface area contributed by atoms with Gasteiger partial charge in [0.05, 0.1) is 0 Å². The molecule has 1 aliphatic rings. The van der Waals surface area contributed by atoms with Gasteiger partial charge < -0.3 is 5.73 Å². The number of hydrogen-bond donors (Lipinski definition) is 1. The molecule has 0 amide bonds. The summed E-state index contributed by atoms with van der Waals surface area (Å²) in [7, 11) is 0. The zero-order valence-corrected chi connectivity index (χ0v) is 7.64. The fourth-order valence-electron chi connectivity index (χ4n) is 1.98. The highest BCUT2D eigenvalue weighted by atomic mass is 19.1. The van der Waals surface area contributed by atoms with Crippen molar-refractivity contribution in [3.8, 4) is 0 Å². The third kappa shape index (κ3) is 2.72. The van der Waals surface area contributed by atoms with Gasteiger partial charge >= 0.3 is 0 Å². The fourth-order valence-corrected chi connectivity index (χ4v) is 1.98. The van der Waals surface area contributed by atoms with Crippen molar-refractivity contribution in [1.29, 1.82) is 0 Å². The number of rotatable bonds is 4. The standard InChI is InChI=1S/C9H19FN2/c10-5-8-12-7-2-1-3-9(12)4-6-11/h9H,1-8,11H2. The Bertz CT molecular complexity index is 101. The van der Waals surface area contributed by atoms with Crippen LogP contribution in [0.5, 0.6) is 0 Å². The van der Waals surface area contributed by atoms with Crippen LogP contribution in [0.3, 0.4) is 0 Å². The van der Waals surface area contributed by atoms with Gasteiger partial charge in [0.2, 0.25) is 0 Å². The molecule has 3 heteroatoms. The molecule has 2 N–H and O–H groups in total. The summed E-state index contributed by atoms with van der Waals surface area (Å²) in [6.07, 6.45) is 4.74. The summed E-state index contributed by atoms with van der Waals surface area (Å²) in [5, 5.41) is 0. The van der Waals surface area contributed by atoms with Crippen molar-refractivity contribution in [3.05, 3.63) is 0 Å². The predicted molar refractivity (Wildman–Crippen MR) is 48.9 cm³/mol. The number of nitrogens with two attached hydrogens (primary N) is 1. The zero-order chi connectivity index (χ0) is 8.81. The Labute approximate surface area is 73.9 Å². The van der Waals surface area contributed by atoms with E-state index < -0.39 is 0 Å². The van der Waals surface area contributed by atoms with Crippen molar-refractivity contribution in [2.45, 2.75) is 31.7 Å². The van der Waals surface area contributed by atoms with Crippen molar-refractivity contribution < 1.29 is 4.39 Å². The van der Waals surface area contributed by atoms with Crippen LogP contribution in [-0.4, -0.2) is 37.3 Å². The topological polar surface area (TPSA) is 29.3 Å². The van der Waals surface area contributed by atoms with E-state index in [0.717, 1.165) is 19.5 Å². The number of nitrogens with zero attached hydrogens (tertiary/aromatic N) is 1. The molecule has 0 saturated carbocycles. The largest absolute Gasteiger partial charge is 0.330 e. The molecule has 1 saturated heterocycles. The molecule has 1 rings (SSSR count). The minimum Gasteiger partial charge on any atom is -0.330 e. The first kappa shape index (κ1) is 9.93. The van der Waals surface area contributed by atoms with E-state index in [9.17, 15) is 4.39 Å². The van der Waals surface area contributed by atoms with E-state index in [1.54, 1.807) is 0 Å². The fraction of sp³-hybridized carbons (Fsp3) is 1.00. The van der Waals surface area contributed by atoms with Crippen molar-refractivity contribution >= 4 is 0 Å². The molecule has 1 heterocycles. The number of alkyl halides is 1. The molecule has 0 spiro atoms. The smallest absolute Gasteiger partial charge is 0.102 e. The average Bonchev–Trinajstić information content (AvgIpc) is 2.09. The highest BCUT2D eigenvalue weighted by molar-refractivity contribution is 4.76. The summed E-state index contributed by atoms with van der Waals surface area (Å²) >= 11 is 0. The quantitative estimate of drug-likeness (QED) is 0.693. The molecule has 0 aromatic heterocycles. The van der Waals surface area contributed by atoms with Crippen LogP contribution in [-0.2, 0) is 0 Å². The Morgan fingerprint density at radius 1 is 1.42 bits per heavy atom. The van der Waals surface area contributed by atoms with Crippen molar-refractivity contribution in [1.82, 2.24) is 4.90 Å². The number of halogens is 1. The number of piperidine rings is 1. The van der Waals surface area contributed by atoms with E-state index in [1.165, 1.54) is 19.3 Å². The minimum absolute atomic E-state index is 0.221. The summed E-state index contributed by atoms with van der Waals surface area (Å²) in [4.78, 5) is 2.25. The van der Waals surface area contributed by atoms with E-state index >= 15 is 0 Å². The predicted octanol–water partition coefficient (Wildman–Crippen LogP) is 1.16. The second-order valence-corrected chi connectivity index (χ2v) is 3.45. The summed E-state index contributed by atoms with van der Waals surface area (Å²) < 4.78 is 12.1. The molecule has 2 nitrogen and oxygen atoms in total. The molecule has 72 valence electrons. The first-order valence-corrected chi connectivity index (χ1v) is 4.88. The molecular formula is C9H19FN2. The highest BCUT2D eigenvalue weighted by Gasteiger charge is 2.20. The van der Waals surface area contributed by atoms with Crippen LogP contribution >= 0.6 is 0 Å². The van der Waals surface area contributed by atoms with Gasteiger partial charge in [0, 0.05) is 12.6 Å². The average molecular weight is 174 g/mol. The Morgan fingerprint density at radius 3 is 2.92 bits per heavy atom. The van der Waals surface area contributed by atoms with Crippen LogP contribution in [0, 0.1) is 0 Å². The second-order valence-electron chi connectivity index (χ2n) is 3.45. The van der Waals surface area contributed by atoms with Crippen LogP contribution in [0.1, 0.15) is 25.7 Å². The molecule has 1 atom stereocenters. The van der Waals surface area contributed by atoms with Gasteiger partial charge in [0.15, 0.2) is 0 Å². The number of hydrogen-bond acceptors (Lipinski definition) is 2. The summed E-state index contributed by atoms with van der Waals surface area (Å²) in [5.41, 5.74) is 5.50. The Hall–Kier alpha value is -0.150. The molecule has 0 aromatic carbocycles. The van der Waals surface area contributed by atoms with Crippen LogP contribution < -0.4 is 5.73 Å². The lowest BCUT2D eigenvalue weighted by atomic mass is 9.99. The van der Waals surface area contributed by atoms with Crippen molar-refractivity contribution in [3.63, 3.8) is 0 Å². The van der Waals surface area contributed by atoms with Crippen molar-refractivity contribution in [2.24, 2.45) is 5.73 Å². The molecule has 1 aliphatic heterocycles.